The predicted molar refractivity (Wildman–Crippen MR) is 144 cm³/mol. The number of carboxylic acid groups (broad SMARTS) is 2. The highest BCUT2D eigenvalue weighted by atomic mass is 32.2. The summed E-state index contributed by atoms with van der Waals surface area (Å²) < 4.78 is 2.12. The van der Waals surface area contributed by atoms with Gasteiger partial charge in [-0.15, -0.1) is 37.9 Å². The fourth-order valence-electron chi connectivity index (χ4n) is 3.99. The molecule has 22 heteroatoms. The van der Waals surface area contributed by atoms with Crippen LogP contribution < -0.4 is 20.7 Å². The number of aliphatic carboxylic acids is 2. The van der Waals surface area contributed by atoms with E-state index >= 15 is 0 Å². The molecule has 0 bridgehead atoms. The van der Waals surface area contributed by atoms with Crippen LogP contribution in [0.4, 0.5) is 5.69 Å². The molecule has 220 valence electrons. The number of rotatable bonds is 11. The summed E-state index contributed by atoms with van der Waals surface area (Å²) in [4.78, 5) is 60.3. The first-order valence-electron chi connectivity index (χ1n) is 11.5. The highest BCUT2D eigenvalue weighted by Gasteiger charge is 2.54. The summed E-state index contributed by atoms with van der Waals surface area (Å²) >= 11 is 3.34. The Kier molecular flexibility index (Phi) is 8.00. The molecule has 1 fully saturated rings. The molecule has 5 rings (SSSR count). The van der Waals surface area contributed by atoms with Gasteiger partial charge in [0.05, 0.1) is 5.69 Å². The lowest BCUT2D eigenvalue weighted by Gasteiger charge is -2.49. The van der Waals surface area contributed by atoms with Gasteiger partial charge in [0.15, 0.2) is 5.71 Å². The summed E-state index contributed by atoms with van der Waals surface area (Å²) in [5.74, 6) is -3.85. The number of carbonyl (C=O) groups excluding carboxylic acids is 2. The van der Waals surface area contributed by atoms with Crippen LogP contribution in [0.15, 0.2) is 32.9 Å². The van der Waals surface area contributed by atoms with Gasteiger partial charge in [0, 0.05) is 16.9 Å². The van der Waals surface area contributed by atoms with Gasteiger partial charge >= 0.3 is 11.9 Å². The van der Waals surface area contributed by atoms with E-state index in [1.54, 1.807) is 6.07 Å². The molecule has 2 aliphatic heterocycles. The number of nitrogens with zero attached hydrogens (tertiary/aromatic N) is 8. The van der Waals surface area contributed by atoms with Crippen molar-refractivity contribution in [1.29, 1.82) is 5.41 Å². The highest BCUT2D eigenvalue weighted by Crippen LogP contribution is 2.41. The summed E-state index contributed by atoms with van der Waals surface area (Å²) in [6, 6.07) is 0.435. The van der Waals surface area contributed by atoms with Crippen LogP contribution in [0.25, 0.3) is 5.65 Å². The van der Waals surface area contributed by atoms with Crippen molar-refractivity contribution >= 4 is 75.7 Å². The number of thioether (sulfide) groups is 2. The summed E-state index contributed by atoms with van der Waals surface area (Å²) in [6.45, 7) is -0.852. The number of tetrazole rings is 1. The number of amides is 2. The van der Waals surface area contributed by atoms with Crippen LogP contribution in [0.5, 0.6) is 0 Å². The number of anilines is 1. The van der Waals surface area contributed by atoms with E-state index in [1.165, 1.54) is 36.0 Å². The van der Waals surface area contributed by atoms with Gasteiger partial charge in [0.25, 0.3) is 11.8 Å². The predicted octanol–water partition coefficient (Wildman–Crippen LogP) is -2.16. The molecule has 0 aliphatic carbocycles. The zero-order valence-electron chi connectivity index (χ0n) is 21.2. The van der Waals surface area contributed by atoms with E-state index in [-0.39, 0.29) is 39.0 Å². The van der Waals surface area contributed by atoms with Crippen molar-refractivity contribution in [2.45, 2.75) is 16.4 Å². The van der Waals surface area contributed by atoms with Gasteiger partial charge in [-0.3, -0.25) is 19.9 Å². The molecule has 0 saturated carbocycles. The summed E-state index contributed by atoms with van der Waals surface area (Å²) in [5.41, 5.74) is 6.30. The maximum atomic E-state index is 13.2. The van der Waals surface area contributed by atoms with Crippen LogP contribution >= 0.6 is 34.9 Å². The van der Waals surface area contributed by atoms with Gasteiger partial charge in [-0.25, -0.2) is 9.59 Å². The number of oxime groups is 1. The van der Waals surface area contributed by atoms with Crippen molar-refractivity contribution in [2.75, 3.05) is 31.0 Å². The number of nitrogen functional groups attached to an aromatic ring is 1. The molecule has 2 aliphatic rings. The average molecular weight is 638 g/mol. The smallest absolute Gasteiger partial charge is 0.352 e. The fourth-order valence-corrected chi connectivity index (χ4v) is 7.07. The lowest BCUT2D eigenvalue weighted by Crippen LogP contribution is -2.71. The molecule has 3 aromatic rings. The third-order valence-corrected chi connectivity index (χ3v) is 8.84. The first-order chi connectivity index (χ1) is 20.1. The summed E-state index contributed by atoms with van der Waals surface area (Å²) in [7, 11) is 1.25. The number of carbonyl (C=O) groups is 4. The molecule has 0 radical (unpaired) electrons. The molecular formula is C20H19N11O8S3. The Morgan fingerprint density at radius 3 is 2.86 bits per heavy atom. The van der Waals surface area contributed by atoms with Crippen LogP contribution in [0.1, 0.15) is 5.69 Å². The maximum Gasteiger partial charge on any atom is 0.352 e. The zero-order valence-corrected chi connectivity index (χ0v) is 23.6. The summed E-state index contributed by atoms with van der Waals surface area (Å²) in [5, 5.41) is 49.1. The number of hydrogen-bond donors (Lipinski definition) is 5. The van der Waals surface area contributed by atoms with E-state index in [0.717, 1.165) is 25.6 Å². The van der Waals surface area contributed by atoms with Crippen molar-refractivity contribution in [2.24, 2.45) is 5.16 Å². The Bertz CT molecular complexity index is 1730. The number of carboxylic acids is 2. The second-order valence-electron chi connectivity index (χ2n) is 8.35. The lowest BCUT2D eigenvalue weighted by molar-refractivity contribution is -0.150. The number of fused-ring (bicyclic) bond motifs is 2. The van der Waals surface area contributed by atoms with Gasteiger partial charge in [-0.1, -0.05) is 16.9 Å². The number of thiazole rings is 1. The quantitative estimate of drug-likeness (QED) is 0.0648. The standard InChI is InChI=1S/C20H19N11O8S3/c1-38-30-9(6-42-20(30)22)12(26-39-3-11(32)33)16(34)23-13-17(35)29-14(19(36)37)7(5-41-18(13)29)4-40-10-2-8(21)15-24-27-28-31(15)25-10/h2,6,13,18,22H,3-5,21H2,1H3,(H,23,34)(H,32,33)(H,36,37)/t13-,18+/m1/s1. The van der Waals surface area contributed by atoms with Crippen molar-refractivity contribution in [3.8, 4) is 0 Å². The van der Waals surface area contributed by atoms with E-state index < -0.39 is 47.5 Å². The van der Waals surface area contributed by atoms with E-state index in [9.17, 15) is 24.3 Å². The van der Waals surface area contributed by atoms with Crippen LogP contribution in [0.2, 0.25) is 0 Å². The molecule has 0 spiro atoms. The van der Waals surface area contributed by atoms with Gasteiger partial charge < -0.3 is 30.9 Å². The van der Waals surface area contributed by atoms with Gasteiger partial charge in [-0.05, 0) is 22.1 Å². The zero-order chi connectivity index (χ0) is 30.1. The second-order valence-corrected chi connectivity index (χ2v) is 11.3. The Balaban J connectivity index is 1.33. The van der Waals surface area contributed by atoms with Crippen LogP contribution in [0.3, 0.4) is 0 Å². The fraction of sp³-hybridized carbons (Fsp3) is 0.300. The van der Waals surface area contributed by atoms with E-state index in [1.807, 2.05) is 0 Å². The SMILES string of the molecule is COn1c(C(=NOCC(=O)O)C(=O)N[C@@H]2C(=O)N3C(C(=O)O)=C(CSc4cc(N)c5nnnn5n4)CS[C@@H]23)csc1=N. The average Bonchev–Trinajstić information content (AvgIpc) is 3.58. The number of nitrogens with one attached hydrogen (secondary N) is 2. The van der Waals surface area contributed by atoms with E-state index in [0.29, 0.717) is 10.6 Å². The highest BCUT2D eigenvalue weighted by molar-refractivity contribution is 8.01. The Morgan fingerprint density at radius 2 is 2.14 bits per heavy atom. The van der Waals surface area contributed by atoms with Crippen LogP contribution in [0, 0.1) is 5.41 Å². The first-order valence-corrected chi connectivity index (χ1v) is 14.4. The van der Waals surface area contributed by atoms with Crippen LogP contribution in [-0.2, 0) is 24.0 Å². The molecular weight excluding hydrogens is 618 g/mol. The molecule has 5 heterocycles. The van der Waals surface area contributed by atoms with Gasteiger partial charge in [0.2, 0.25) is 17.1 Å². The minimum absolute atomic E-state index is 0.0187. The molecule has 0 unspecified atom stereocenters. The Morgan fingerprint density at radius 1 is 1.36 bits per heavy atom. The minimum atomic E-state index is -1.34. The molecule has 6 N–H and O–H groups in total. The molecule has 19 nitrogen and oxygen atoms in total. The molecule has 0 aromatic carbocycles. The van der Waals surface area contributed by atoms with Crippen molar-refractivity contribution in [1.82, 2.24) is 40.2 Å². The number of aromatic nitrogens is 6. The van der Waals surface area contributed by atoms with Crippen molar-refractivity contribution in [3.05, 3.63) is 33.2 Å². The topological polar surface area (TPSA) is 266 Å². The van der Waals surface area contributed by atoms with Gasteiger partial charge in [-0.2, -0.15) is 4.73 Å². The molecule has 42 heavy (non-hydrogen) atoms. The molecule has 2 atom stereocenters. The molecule has 1 saturated heterocycles. The van der Waals surface area contributed by atoms with Crippen LogP contribution in [-0.4, -0.2) is 111 Å². The number of nitrogens with two attached hydrogens (primary N) is 1. The number of β-lactam (4-membered cyclic amide) rings is 1. The first kappa shape index (κ1) is 28.8. The van der Waals surface area contributed by atoms with Crippen molar-refractivity contribution < 1.29 is 39.1 Å². The minimum Gasteiger partial charge on any atom is -0.479 e. The third-order valence-electron chi connectivity index (χ3n) is 5.78. The molecule has 3 aromatic heterocycles. The lowest BCUT2D eigenvalue weighted by atomic mass is 10.0. The maximum absolute atomic E-state index is 13.2. The third kappa shape index (κ3) is 5.33. The largest absolute Gasteiger partial charge is 0.479 e. The molecule has 2 amide bonds. The van der Waals surface area contributed by atoms with E-state index in [4.69, 9.17) is 25.9 Å². The number of hydrogen-bond acceptors (Lipinski definition) is 16. The Labute approximate surface area is 245 Å². The normalized spacial score (nSPS) is 18.5. The Hall–Kier alpha value is -4.70. The summed E-state index contributed by atoms with van der Waals surface area (Å²) in [6.07, 6.45) is 0. The van der Waals surface area contributed by atoms with Gasteiger partial charge in [0.1, 0.15) is 34.9 Å². The van der Waals surface area contributed by atoms with Crippen molar-refractivity contribution in [3.63, 3.8) is 0 Å². The monoisotopic (exact) mass is 637 g/mol. The van der Waals surface area contributed by atoms with E-state index in [2.05, 4.69) is 31.1 Å². The second kappa shape index (κ2) is 11.7.